The molecule has 1 unspecified atom stereocenters. The Labute approximate surface area is 148 Å². The van der Waals surface area contributed by atoms with Gasteiger partial charge in [-0.1, -0.05) is 30.3 Å². The van der Waals surface area contributed by atoms with Gasteiger partial charge in [-0.05, 0) is 51.6 Å². The molecule has 0 aliphatic carbocycles. The predicted octanol–water partition coefficient (Wildman–Crippen LogP) is 3.40. The summed E-state index contributed by atoms with van der Waals surface area (Å²) in [6, 6.07) is 9.68. The van der Waals surface area contributed by atoms with Crippen LogP contribution in [0.2, 0.25) is 0 Å². The minimum Gasteiger partial charge on any atom is -0.460 e. The zero-order chi connectivity index (χ0) is 17.8. The molecule has 1 heterocycles. The molecular weight excluding hydrogens is 326 g/mol. The van der Waals surface area contributed by atoms with Crippen molar-refractivity contribution < 1.29 is 19.0 Å². The van der Waals surface area contributed by atoms with Gasteiger partial charge in [-0.15, -0.1) is 0 Å². The van der Waals surface area contributed by atoms with Gasteiger partial charge < -0.3 is 19.5 Å². The fourth-order valence-electron chi connectivity index (χ4n) is 2.39. The van der Waals surface area contributed by atoms with Crippen molar-refractivity contribution in [1.29, 1.82) is 0 Å². The maximum atomic E-state index is 12.3. The Bertz CT molecular complexity index is 636. The van der Waals surface area contributed by atoms with E-state index in [1.165, 1.54) is 0 Å². The number of ether oxygens (including phenoxy) is 3. The minimum atomic E-state index is -1.29. The van der Waals surface area contributed by atoms with Crippen molar-refractivity contribution >= 4 is 29.4 Å². The Morgan fingerprint density at radius 1 is 1.33 bits per heavy atom. The van der Waals surface area contributed by atoms with Crippen LogP contribution in [0.5, 0.6) is 0 Å². The molecule has 0 spiro atoms. The number of hydrogen-bond acceptors (Lipinski definition) is 5. The summed E-state index contributed by atoms with van der Waals surface area (Å²) in [5, 5.41) is 3.16. The molecule has 1 aliphatic heterocycles. The van der Waals surface area contributed by atoms with Crippen LogP contribution in [0.3, 0.4) is 0 Å². The summed E-state index contributed by atoms with van der Waals surface area (Å²) >= 11 is 5.13. The Balaban J connectivity index is 2.32. The van der Waals surface area contributed by atoms with E-state index in [1.807, 2.05) is 64.1 Å². The maximum absolute atomic E-state index is 12.3. The summed E-state index contributed by atoms with van der Waals surface area (Å²) in [5.41, 5.74) is 0.952. The molecule has 6 heteroatoms. The van der Waals surface area contributed by atoms with Gasteiger partial charge in [0.2, 0.25) is 0 Å². The van der Waals surface area contributed by atoms with Crippen molar-refractivity contribution in [3.8, 4) is 0 Å². The van der Waals surface area contributed by atoms with Crippen LogP contribution in [0.4, 0.5) is 0 Å². The predicted molar refractivity (Wildman–Crippen MR) is 96.1 cm³/mol. The van der Waals surface area contributed by atoms with Crippen LogP contribution in [0.1, 0.15) is 39.7 Å². The van der Waals surface area contributed by atoms with Crippen LogP contribution in [0.25, 0.3) is 6.08 Å². The molecule has 1 aliphatic rings. The monoisotopic (exact) mass is 349 g/mol. The summed E-state index contributed by atoms with van der Waals surface area (Å²) in [4.78, 5) is 12.3. The summed E-state index contributed by atoms with van der Waals surface area (Å²) in [6.07, 6.45) is 1.77. The van der Waals surface area contributed by atoms with Crippen LogP contribution in [-0.4, -0.2) is 29.1 Å². The van der Waals surface area contributed by atoms with Gasteiger partial charge in [0.15, 0.2) is 0 Å². The van der Waals surface area contributed by atoms with Gasteiger partial charge in [0, 0.05) is 6.61 Å². The summed E-state index contributed by atoms with van der Waals surface area (Å²) in [6.45, 7) is 7.65. The van der Waals surface area contributed by atoms with Gasteiger partial charge in [-0.25, -0.2) is 0 Å². The van der Waals surface area contributed by atoms with Gasteiger partial charge in [0.1, 0.15) is 12.0 Å². The lowest BCUT2D eigenvalue weighted by Gasteiger charge is -2.29. The first-order valence-corrected chi connectivity index (χ1v) is 8.28. The van der Waals surface area contributed by atoms with Crippen LogP contribution in [-0.2, 0) is 19.0 Å². The van der Waals surface area contributed by atoms with Gasteiger partial charge in [-0.2, -0.15) is 0 Å². The van der Waals surface area contributed by atoms with E-state index in [4.69, 9.17) is 26.4 Å². The van der Waals surface area contributed by atoms with Gasteiger partial charge in [0.25, 0.3) is 11.0 Å². The van der Waals surface area contributed by atoms with Gasteiger partial charge >= 0.3 is 5.97 Å². The molecule has 1 atom stereocenters. The van der Waals surface area contributed by atoms with E-state index >= 15 is 0 Å². The molecule has 1 aromatic carbocycles. The molecule has 0 aromatic heterocycles. The molecule has 1 aromatic rings. The standard InChI is InChI=1S/C18H23NO4S/c1-5-21-18(12-15(20)22-17(2,3)4)14(19-16(24)23-18)11-13-9-7-6-8-10-13/h6-11H,5,12H2,1-4H3,(H,19,24)/b14-11-. The third-order valence-corrected chi connectivity index (χ3v) is 3.38. The third kappa shape index (κ3) is 4.79. The molecular formula is C18H23NO4S. The lowest BCUT2D eigenvalue weighted by Crippen LogP contribution is -2.39. The van der Waals surface area contributed by atoms with Crippen LogP contribution < -0.4 is 5.32 Å². The highest BCUT2D eigenvalue weighted by atomic mass is 32.1. The first-order chi connectivity index (χ1) is 11.2. The van der Waals surface area contributed by atoms with Crippen LogP contribution >= 0.6 is 12.2 Å². The molecule has 1 fully saturated rings. The molecule has 0 radical (unpaired) electrons. The lowest BCUT2D eigenvalue weighted by molar-refractivity contribution is -0.183. The van der Waals surface area contributed by atoms with Crippen molar-refractivity contribution in [2.45, 2.75) is 45.5 Å². The Morgan fingerprint density at radius 3 is 2.58 bits per heavy atom. The van der Waals surface area contributed by atoms with Gasteiger partial charge in [0.05, 0.1) is 5.70 Å². The quantitative estimate of drug-likeness (QED) is 0.649. The second-order valence-electron chi connectivity index (χ2n) is 6.43. The van der Waals surface area contributed by atoms with E-state index in [0.29, 0.717) is 12.3 Å². The number of esters is 1. The Morgan fingerprint density at radius 2 is 2.00 bits per heavy atom. The van der Waals surface area contributed by atoms with Crippen LogP contribution in [0.15, 0.2) is 36.0 Å². The molecule has 1 saturated heterocycles. The molecule has 5 nitrogen and oxygen atoms in total. The highest BCUT2D eigenvalue weighted by Gasteiger charge is 2.47. The first-order valence-electron chi connectivity index (χ1n) is 7.87. The number of rotatable bonds is 5. The van der Waals surface area contributed by atoms with Crippen molar-refractivity contribution in [2.75, 3.05) is 6.61 Å². The zero-order valence-electron chi connectivity index (χ0n) is 14.4. The van der Waals surface area contributed by atoms with E-state index in [2.05, 4.69) is 5.32 Å². The molecule has 0 amide bonds. The summed E-state index contributed by atoms with van der Waals surface area (Å²) in [5.74, 6) is -1.70. The fraction of sp³-hybridized carbons (Fsp3) is 0.444. The van der Waals surface area contributed by atoms with E-state index < -0.39 is 17.4 Å². The molecule has 130 valence electrons. The summed E-state index contributed by atoms with van der Waals surface area (Å²) < 4.78 is 16.9. The van der Waals surface area contributed by atoms with Crippen molar-refractivity contribution in [2.24, 2.45) is 0 Å². The normalized spacial score (nSPS) is 22.2. The lowest BCUT2D eigenvalue weighted by atomic mass is 10.1. The number of nitrogens with one attached hydrogen (secondary N) is 1. The van der Waals surface area contributed by atoms with E-state index in [-0.39, 0.29) is 11.6 Å². The Kier molecular flexibility index (Phi) is 5.62. The van der Waals surface area contributed by atoms with E-state index in [0.717, 1.165) is 5.56 Å². The fourth-order valence-corrected chi connectivity index (χ4v) is 2.63. The first kappa shape index (κ1) is 18.4. The highest BCUT2D eigenvalue weighted by molar-refractivity contribution is 7.80. The molecule has 1 N–H and O–H groups in total. The average molecular weight is 349 g/mol. The third-order valence-electron chi connectivity index (χ3n) is 3.19. The maximum Gasteiger partial charge on any atom is 0.313 e. The number of hydrogen-bond donors (Lipinski definition) is 1. The number of carbonyl (C=O) groups excluding carboxylic acids is 1. The van der Waals surface area contributed by atoms with Crippen molar-refractivity contribution in [3.05, 3.63) is 41.6 Å². The van der Waals surface area contributed by atoms with Crippen LogP contribution in [0, 0.1) is 0 Å². The Hall–Kier alpha value is -1.92. The highest BCUT2D eigenvalue weighted by Crippen LogP contribution is 2.33. The van der Waals surface area contributed by atoms with E-state index in [9.17, 15) is 4.79 Å². The number of carbonyl (C=O) groups is 1. The second-order valence-corrected chi connectivity index (χ2v) is 6.80. The SMILES string of the molecule is CCOC1(CC(=O)OC(C)(C)C)OC(=S)N/C1=C\c1ccccc1. The molecule has 24 heavy (non-hydrogen) atoms. The second kappa shape index (κ2) is 7.32. The summed E-state index contributed by atoms with van der Waals surface area (Å²) in [7, 11) is 0. The number of benzene rings is 1. The molecule has 0 saturated carbocycles. The number of thiocarbonyl (C=S) groups is 1. The van der Waals surface area contributed by atoms with Gasteiger partial charge in [-0.3, -0.25) is 4.79 Å². The van der Waals surface area contributed by atoms with Crippen molar-refractivity contribution in [1.82, 2.24) is 5.32 Å². The molecule has 2 rings (SSSR count). The zero-order valence-corrected chi connectivity index (χ0v) is 15.2. The largest absolute Gasteiger partial charge is 0.460 e. The smallest absolute Gasteiger partial charge is 0.313 e. The molecule has 0 bridgehead atoms. The van der Waals surface area contributed by atoms with E-state index in [1.54, 1.807) is 0 Å². The topological polar surface area (TPSA) is 56.8 Å². The minimum absolute atomic E-state index is 0.0933. The van der Waals surface area contributed by atoms with Crippen molar-refractivity contribution in [3.63, 3.8) is 0 Å². The average Bonchev–Trinajstić information content (AvgIpc) is 2.73.